The van der Waals surface area contributed by atoms with Crippen molar-refractivity contribution in [1.82, 2.24) is 4.90 Å². The predicted molar refractivity (Wildman–Crippen MR) is 160 cm³/mol. The third-order valence-electron chi connectivity index (χ3n) is 6.12. The summed E-state index contributed by atoms with van der Waals surface area (Å²) in [4.78, 5) is 18.5. The zero-order valence-electron chi connectivity index (χ0n) is 22.8. The summed E-state index contributed by atoms with van der Waals surface area (Å²) in [5.41, 5.74) is 7.15. The summed E-state index contributed by atoms with van der Waals surface area (Å²) >= 11 is 6.55. The van der Waals surface area contributed by atoms with Crippen molar-refractivity contribution in [2.45, 2.75) is 32.8 Å². The molecule has 1 aliphatic heterocycles. The molecular weight excluding hydrogens is 554 g/mol. The number of anilines is 1. The Morgan fingerprint density at radius 2 is 1.98 bits per heavy atom. The van der Waals surface area contributed by atoms with Gasteiger partial charge < -0.3 is 20.1 Å². The highest BCUT2D eigenvalue weighted by atomic mass is 35.5. The number of aliphatic imine (C=N–C) groups is 1. The van der Waals surface area contributed by atoms with E-state index < -0.39 is 21.7 Å². The van der Waals surface area contributed by atoms with Crippen molar-refractivity contribution in [2.24, 2.45) is 10.7 Å². The average molecular weight is 590 g/mol. The number of rotatable bonds is 13. The van der Waals surface area contributed by atoms with Gasteiger partial charge in [-0.15, -0.1) is 0 Å². The van der Waals surface area contributed by atoms with E-state index in [1.807, 2.05) is 19.3 Å². The Bertz CT molecular complexity index is 1340. The van der Waals surface area contributed by atoms with Gasteiger partial charge in [0.1, 0.15) is 17.7 Å². The van der Waals surface area contributed by atoms with Gasteiger partial charge in [-0.3, -0.25) is 19.5 Å². The van der Waals surface area contributed by atoms with Crippen molar-refractivity contribution in [3.05, 3.63) is 64.7 Å². The highest BCUT2D eigenvalue weighted by molar-refractivity contribution is 7.93. The molecule has 3 N–H and O–H groups in total. The number of nitrogens with zero attached hydrogens (tertiary/aromatic N) is 3. The maximum atomic E-state index is 13.3. The summed E-state index contributed by atoms with van der Waals surface area (Å²) in [5.74, 6) is -1.26. The van der Waals surface area contributed by atoms with Gasteiger partial charge in [-0.25, -0.2) is 8.42 Å². The highest BCUT2D eigenvalue weighted by Crippen LogP contribution is 2.32. The summed E-state index contributed by atoms with van der Waals surface area (Å²) in [7, 11) is -4.11. The molecule has 10 nitrogen and oxygen atoms in total. The molecule has 0 aliphatic carbocycles. The first-order valence-electron chi connectivity index (χ1n) is 13.1. The molecule has 0 unspecified atom stereocenters. The number of nitrogens with two attached hydrogens (primary N) is 1. The molecule has 0 atom stereocenters. The molecule has 1 heterocycles. The molecule has 0 aromatic heterocycles. The van der Waals surface area contributed by atoms with E-state index in [-0.39, 0.29) is 35.8 Å². The monoisotopic (exact) mass is 589 g/mol. The maximum Gasteiger partial charge on any atom is 0.323 e. The number of piperidine rings is 1. The number of sulfonamides is 1. The highest BCUT2D eigenvalue weighted by Gasteiger charge is 2.27. The number of carbonyl (C=O) groups excluding carboxylic acids is 1. The van der Waals surface area contributed by atoms with Crippen molar-refractivity contribution >= 4 is 51.5 Å². The topological polar surface area (TPSA) is 138 Å². The number of hydrogen-bond donors (Lipinski definition) is 2. The van der Waals surface area contributed by atoms with Gasteiger partial charge in [0.25, 0.3) is 0 Å². The summed E-state index contributed by atoms with van der Waals surface area (Å²) < 4.78 is 38.7. The standard InChI is InChI=1S/C28H36ClN5O5S/c1-3-32-20-33-15-12-24(13-16-33)39-26-11-10-23(18-25(26)29)34(40(36,37)19-27(35)38-4-2)14-6-8-21-7-5-9-22(17-21)28(30)31/h5-11,17-18,20,24H,3-4,12-16,19H2,1-2H3,(H3,30,31)/b8-6+,32-20?. The van der Waals surface area contributed by atoms with Crippen LogP contribution in [0.4, 0.5) is 5.69 Å². The fraction of sp³-hybridized carbons (Fsp3) is 0.393. The van der Waals surface area contributed by atoms with Crippen molar-refractivity contribution in [3.63, 3.8) is 0 Å². The van der Waals surface area contributed by atoms with Crippen LogP contribution in [0.2, 0.25) is 5.02 Å². The number of hydrogen-bond acceptors (Lipinski definition) is 7. The summed E-state index contributed by atoms with van der Waals surface area (Å²) in [6.07, 6.45) is 6.84. The number of benzene rings is 2. The zero-order valence-corrected chi connectivity index (χ0v) is 24.3. The Balaban J connectivity index is 1.79. The molecule has 0 amide bonds. The van der Waals surface area contributed by atoms with Crippen LogP contribution in [0.1, 0.15) is 37.8 Å². The van der Waals surface area contributed by atoms with Gasteiger partial charge in [-0.05, 0) is 43.7 Å². The molecule has 1 saturated heterocycles. The van der Waals surface area contributed by atoms with E-state index in [1.54, 1.807) is 49.4 Å². The lowest BCUT2D eigenvalue weighted by Crippen LogP contribution is -2.37. The largest absolute Gasteiger partial charge is 0.489 e. The second-order valence-corrected chi connectivity index (χ2v) is 11.4. The van der Waals surface area contributed by atoms with Gasteiger partial charge >= 0.3 is 5.97 Å². The van der Waals surface area contributed by atoms with Crippen molar-refractivity contribution in [2.75, 3.05) is 42.8 Å². The molecule has 1 fully saturated rings. The summed E-state index contributed by atoms with van der Waals surface area (Å²) in [5, 5.41) is 7.88. The summed E-state index contributed by atoms with van der Waals surface area (Å²) in [6.45, 7) is 6.00. The molecule has 12 heteroatoms. The average Bonchev–Trinajstić information content (AvgIpc) is 2.91. The van der Waals surface area contributed by atoms with Gasteiger partial charge in [0, 0.05) is 38.0 Å². The number of carbonyl (C=O) groups is 1. The molecule has 0 saturated carbocycles. The fourth-order valence-corrected chi connectivity index (χ4v) is 5.63. The minimum Gasteiger partial charge on any atom is -0.489 e. The van der Waals surface area contributed by atoms with Crippen molar-refractivity contribution in [3.8, 4) is 5.75 Å². The number of ether oxygens (including phenoxy) is 2. The van der Waals surface area contributed by atoms with E-state index in [0.29, 0.717) is 11.3 Å². The number of nitrogens with one attached hydrogen (secondary N) is 1. The van der Waals surface area contributed by atoms with Crippen LogP contribution in [-0.4, -0.2) is 76.1 Å². The van der Waals surface area contributed by atoms with Crippen molar-refractivity contribution in [1.29, 1.82) is 5.41 Å². The molecular formula is C28H36ClN5O5S. The summed E-state index contributed by atoms with van der Waals surface area (Å²) in [6, 6.07) is 11.8. The molecule has 40 heavy (non-hydrogen) atoms. The molecule has 2 aromatic rings. The Kier molecular flexibility index (Phi) is 11.4. The number of halogens is 1. The molecule has 0 spiro atoms. The molecule has 0 bridgehead atoms. The van der Waals surface area contributed by atoms with Crippen molar-refractivity contribution < 1.29 is 22.7 Å². The predicted octanol–water partition coefficient (Wildman–Crippen LogP) is 3.93. The van der Waals surface area contributed by atoms with Crippen LogP contribution in [0.15, 0.2) is 53.5 Å². The minimum atomic E-state index is -4.11. The van der Waals surface area contributed by atoms with Crippen LogP contribution in [0, 0.1) is 5.41 Å². The second-order valence-electron chi connectivity index (χ2n) is 9.12. The van der Waals surface area contributed by atoms with Gasteiger partial charge in [-0.1, -0.05) is 42.0 Å². The van der Waals surface area contributed by atoms with Gasteiger partial charge in [0.2, 0.25) is 10.0 Å². The van der Waals surface area contributed by atoms with Crippen LogP contribution in [-0.2, 0) is 19.6 Å². The fourth-order valence-electron chi connectivity index (χ4n) is 4.13. The van der Waals surface area contributed by atoms with E-state index >= 15 is 0 Å². The van der Waals surface area contributed by atoms with Gasteiger partial charge in [0.15, 0.2) is 5.75 Å². The third-order valence-corrected chi connectivity index (χ3v) is 8.05. The third kappa shape index (κ3) is 8.99. The first kappa shape index (κ1) is 31.0. The lowest BCUT2D eigenvalue weighted by Gasteiger charge is -2.31. The minimum absolute atomic E-state index is 0.0213. The van der Waals surface area contributed by atoms with Crippen LogP contribution in [0.25, 0.3) is 6.08 Å². The lowest BCUT2D eigenvalue weighted by atomic mass is 10.1. The van der Waals surface area contributed by atoms with Crippen LogP contribution < -0.4 is 14.8 Å². The van der Waals surface area contributed by atoms with E-state index in [9.17, 15) is 13.2 Å². The molecule has 0 radical (unpaired) electrons. The smallest absolute Gasteiger partial charge is 0.323 e. The zero-order chi connectivity index (χ0) is 29.1. The van der Waals surface area contributed by atoms with E-state index in [2.05, 4.69) is 9.89 Å². The quantitative estimate of drug-likeness (QED) is 0.205. The Morgan fingerprint density at radius 1 is 1.23 bits per heavy atom. The Morgan fingerprint density at radius 3 is 2.62 bits per heavy atom. The number of likely N-dealkylation sites (tertiary alicyclic amines) is 1. The van der Waals surface area contributed by atoms with Gasteiger partial charge in [-0.2, -0.15) is 0 Å². The number of nitrogen functional groups attached to an aromatic ring is 1. The number of amidine groups is 1. The second kappa shape index (κ2) is 14.7. The van der Waals surface area contributed by atoms with Crippen LogP contribution >= 0.6 is 11.6 Å². The number of esters is 1. The SMILES string of the molecule is CCN=CN1CCC(Oc2ccc(N(C/C=C/c3cccc(C(=N)N)c3)S(=O)(=O)CC(=O)OCC)cc2Cl)CC1. The molecule has 2 aromatic carbocycles. The van der Waals surface area contributed by atoms with E-state index in [4.69, 9.17) is 32.2 Å². The van der Waals surface area contributed by atoms with Crippen LogP contribution in [0.5, 0.6) is 5.75 Å². The van der Waals surface area contributed by atoms with E-state index in [1.165, 1.54) is 6.07 Å². The molecule has 1 aliphatic rings. The Hall–Kier alpha value is -3.57. The first-order chi connectivity index (χ1) is 19.1. The molecule has 216 valence electrons. The first-order valence-corrected chi connectivity index (χ1v) is 15.1. The lowest BCUT2D eigenvalue weighted by molar-refractivity contribution is -0.139. The maximum absolute atomic E-state index is 13.3. The van der Waals surface area contributed by atoms with E-state index in [0.717, 1.165) is 42.3 Å². The normalized spacial score (nSPS) is 14.5. The van der Waals surface area contributed by atoms with Crippen LogP contribution in [0.3, 0.4) is 0 Å². The Labute approximate surface area is 241 Å². The molecule has 3 rings (SSSR count). The van der Waals surface area contributed by atoms with Gasteiger partial charge in [0.05, 0.1) is 30.2 Å².